The molecule has 1 saturated carbocycles. The average molecular weight is 240 g/mol. The topological polar surface area (TPSA) is 49.3 Å². The van der Waals surface area contributed by atoms with Gasteiger partial charge in [0.25, 0.3) is 5.91 Å². The molecule has 0 heterocycles. The number of amides is 1. The molecular formula is C12H14ClNO2. The lowest BCUT2D eigenvalue weighted by Crippen LogP contribution is -2.39. The molecule has 0 unspecified atom stereocenters. The maximum atomic E-state index is 11.9. The lowest BCUT2D eigenvalue weighted by Gasteiger charge is -2.15. The first kappa shape index (κ1) is 11.4. The Bertz CT molecular complexity index is 427. The summed E-state index contributed by atoms with van der Waals surface area (Å²) < 4.78 is 0. The number of aliphatic hydroxyl groups is 1. The van der Waals surface area contributed by atoms with Crippen molar-refractivity contribution in [1.29, 1.82) is 0 Å². The van der Waals surface area contributed by atoms with Crippen molar-refractivity contribution < 1.29 is 9.90 Å². The maximum Gasteiger partial charge on any atom is 0.252 e. The lowest BCUT2D eigenvalue weighted by molar-refractivity contribution is 0.0906. The summed E-state index contributed by atoms with van der Waals surface area (Å²) in [7, 11) is 0. The van der Waals surface area contributed by atoms with Crippen LogP contribution in [-0.4, -0.2) is 23.2 Å². The summed E-state index contributed by atoms with van der Waals surface area (Å²) >= 11 is 5.82. The van der Waals surface area contributed by atoms with Gasteiger partial charge < -0.3 is 10.4 Å². The van der Waals surface area contributed by atoms with Crippen molar-refractivity contribution >= 4 is 17.5 Å². The number of halogens is 1. The van der Waals surface area contributed by atoms with E-state index in [2.05, 4.69) is 5.32 Å². The monoisotopic (exact) mass is 239 g/mol. The van der Waals surface area contributed by atoms with Crippen LogP contribution in [-0.2, 0) is 0 Å². The van der Waals surface area contributed by atoms with Gasteiger partial charge in [0, 0.05) is 10.6 Å². The summed E-state index contributed by atoms with van der Waals surface area (Å²) in [6, 6.07) is 5.16. The Balaban J connectivity index is 2.15. The van der Waals surface area contributed by atoms with E-state index >= 15 is 0 Å². The van der Waals surface area contributed by atoms with E-state index in [0.29, 0.717) is 10.6 Å². The number of nitrogens with one attached hydrogen (secondary N) is 1. The van der Waals surface area contributed by atoms with Crippen LogP contribution in [0.1, 0.15) is 28.8 Å². The van der Waals surface area contributed by atoms with Crippen LogP contribution in [0.15, 0.2) is 18.2 Å². The molecular weight excluding hydrogens is 226 g/mol. The van der Waals surface area contributed by atoms with Gasteiger partial charge in [-0.3, -0.25) is 4.79 Å². The smallest absolute Gasteiger partial charge is 0.252 e. The summed E-state index contributed by atoms with van der Waals surface area (Å²) in [5.74, 6) is -0.138. The van der Waals surface area contributed by atoms with Gasteiger partial charge in [0.1, 0.15) is 0 Å². The molecule has 1 aromatic carbocycles. The number of rotatable bonds is 3. The van der Waals surface area contributed by atoms with Crippen LogP contribution >= 0.6 is 11.6 Å². The minimum atomic E-state index is -0.372. The summed E-state index contributed by atoms with van der Waals surface area (Å²) in [4.78, 5) is 11.9. The molecule has 0 aromatic heterocycles. The first-order valence-corrected chi connectivity index (χ1v) is 5.64. The molecule has 0 saturated heterocycles. The van der Waals surface area contributed by atoms with Crippen molar-refractivity contribution in [2.75, 3.05) is 6.61 Å². The van der Waals surface area contributed by atoms with Gasteiger partial charge in [-0.05, 0) is 43.5 Å². The number of hydrogen-bond acceptors (Lipinski definition) is 2. The number of aliphatic hydroxyl groups excluding tert-OH is 1. The minimum absolute atomic E-state index is 0.00533. The first-order chi connectivity index (χ1) is 7.56. The quantitative estimate of drug-likeness (QED) is 0.847. The van der Waals surface area contributed by atoms with Crippen LogP contribution < -0.4 is 5.32 Å². The van der Waals surface area contributed by atoms with Gasteiger partial charge in [-0.2, -0.15) is 0 Å². The number of carbonyl (C=O) groups is 1. The van der Waals surface area contributed by atoms with Crippen molar-refractivity contribution in [3.05, 3.63) is 34.3 Å². The second-order valence-corrected chi connectivity index (χ2v) is 4.79. The van der Waals surface area contributed by atoms with Gasteiger partial charge in [-0.25, -0.2) is 0 Å². The Morgan fingerprint density at radius 2 is 2.25 bits per heavy atom. The van der Waals surface area contributed by atoms with Gasteiger partial charge >= 0.3 is 0 Å². The summed E-state index contributed by atoms with van der Waals surface area (Å²) in [5.41, 5.74) is 1.09. The van der Waals surface area contributed by atoms with E-state index in [1.807, 2.05) is 6.92 Å². The van der Waals surface area contributed by atoms with Gasteiger partial charge in [-0.1, -0.05) is 11.6 Å². The van der Waals surface area contributed by atoms with E-state index in [0.717, 1.165) is 18.4 Å². The average Bonchev–Trinajstić information content (AvgIpc) is 2.98. The molecule has 2 N–H and O–H groups in total. The number of hydrogen-bond donors (Lipinski definition) is 2. The summed E-state index contributed by atoms with van der Waals surface area (Å²) in [5, 5.41) is 12.6. The van der Waals surface area contributed by atoms with Crippen LogP contribution in [0.2, 0.25) is 5.02 Å². The van der Waals surface area contributed by atoms with Crippen molar-refractivity contribution in [1.82, 2.24) is 5.32 Å². The highest BCUT2D eigenvalue weighted by Crippen LogP contribution is 2.35. The van der Waals surface area contributed by atoms with Crippen molar-refractivity contribution in [3.63, 3.8) is 0 Å². The molecule has 1 aliphatic carbocycles. The Kier molecular flexibility index (Phi) is 2.91. The fourth-order valence-electron chi connectivity index (χ4n) is 1.66. The lowest BCUT2D eigenvalue weighted by atomic mass is 10.1. The summed E-state index contributed by atoms with van der Waals surface area (Å²) in [6.45, 7) is 1.85. The molecule has 1 amide bonds. The molecule has 16 heavy (non-hydrogen) atoms. The molecule has 1 aromatic rings. The number of aryl methyl sites for hydroxylation is 1. The Hall–Kier alpha value is -1.06. The molecule has 0 spiro atoms. The zero-order chi connectivity index (χ0) is 11.8. The molecule has 1 aliphatic rings. The van der Waals surface area contributed by atoms with E-state index < -0.39 is 0 Å². The van der Waals surface area contributed by atoms with Crippen LogP contribution in [0.25, 0.3) is 0 Å². The highest BCUT2D eigenvalue weighted by Gasteiger charge is 2.43. The van der Waals surface area contributed by atoms with E-state index in [1.54, 1.807) is 18.2 Å². The van der Waals surface area contributed by atoms with Crippen molar-refractivity contribution in [3.8, 4) is 0 Å². The molecule has 0 bridgehead atoms. The van der Waals surface area contributed by atoms with Crippen LogP contribution in [0, 0.1) is 6.92 Å². The van der Waals surface area contributed by atoms with Gasteiger partial charge in [0.05, 0.1) is 12.1 Å². The van der Waals surface area contributed by atoms with Crippen LogP contribution in [0.5, 0.6) is 0 Å². The SMILES string of the molecule is Cc1cc(Cl)ccc1C(=O)NC1(CO)CC1. The van der Waals surface area contributed by atoms with Gasteiger partial charge in [-0.15, -0.1) is 0 Å². The molecule has 3 nitrogen and oxygen atoms in total. The fraction of sp³-hybridized carbons (Fsp3) is 0.417. The molecule has 0 atom stereocenters. The van der Waals surface area contributed by atoms with E-state index in [9.17, 15) is 4.79 Å². The van der Waals surface area contributed by atoms with E-state index in [-0.39, 0.29) is 18.1 Å². The molecule has 2 rings (SSSR count). The Labute approximate surface area is 99.4 Å². The van der Waals surface area contributed by atoms with Crippen LogP contribution in [0.4, 0.5) is 0 Å². The van der Waals surface area contributed by atoms with Crippen molar-refractivity contribution in [2.45, 2.75) is 25.3 Å². The predicted molar refractivity (Wildman–Crippen MR) is 62.7 cm³/mol. The Morgan fingerprint density at radius 3 is 2.75 bits per heavy atom. The zero-order valence-electron chi connectivity index (χ0n) is 9.09. The van der Waals surface area contributed by atoms with Crippen molar-refractivity contribution in [2.24, 2.45) is 0 Å². The molecule has 86 valence electrons. The molecule has 4 heteroatoms. The first-order valence-electron chi connectivity index (χ1n) is 5.26. The third-order valence-electron chi connectivity index (χ3n) is 2.97. The highest BCUT2D eigenvalue weighted by atomic mass is 35.5. The normalized spacial score (nSPS) is 16.9. The second kappa shape index (κ2) is 4.07. The molecule has 0 aliphatic heterocycles. The van der Waals surface area contributed by atoms with Crippen LogP contribution in [0.3, 0.4) is 0 Å². The standard InChI is InChI=1S/C12H14ClNO2/c1-8-6-9(13)2-3-10(8)11(16)14-12(7-15)4-5-12/h2-3,6,15H,4-5,7H2,1H3,(H,14,16). The van der Waals surface area contributed by atoms with Gasteiger partial charge in [0.2, 0.25) is 0 Å². The third kappa shape index (κ3) is 2.20. The minimum Gasteiger partial charge on any atom is -0.394 e. The highest BCUT2D eigenvalue weighted by molar-refractivity contribution is 6.30. The fourth-order valence-corrected chi connectivity index (χ4v) is 1.89. The summed E-state index contributed by atoms with van der Waals surface area (Å²) in [6.07, 6.45) is 1.70. The molecule has 1 fully saturated rings. The van der Waals surface area contributed by atoms with E-state index in [1.165, 1.54) is 0 Å². The predicted octanol–water partition coefficient (Wildman–Crippen LogP) is 1.90. The second-order valence-electron chi connectivity index (χ2n) is 4.35. The largest absolute Gasteiger partial charge is 0.394 e. The number of carbonyl (C=O) groups excluding carboxylic acids is 1. The third-order valence-corrected chi connectivity index (χ3v) is 3.20. The number of benzene rings is 1. The molecule has 0 radical (unpaired) electrons. The maximum absolute atomic E-state index is 11.9. The Morgan fingerprint density at radius 1 is 1.56 bits per heavy atom. The van der Waals surface area contributed by atoms with Gasteiger partial charge in [0.15, 0.2) is 0 Å². The zero-order valence-corrected chi connectivity index (χ0v) is 9.84. The van der Waals surface area contributed by atoms with E-state index in [4.69, 9.17) is 16.7 Å².